The molecule has 1 aliphatic heterocycles. The predicted molar refractivity (Wildman–Crippen MR) is 131 cm³/mol. The standard InChI is InChI=1S/C27H30N2O.ClH/c30-27(25-12-6-2-7-13-25)29(26-14-8-3-9-15-26)21-18-23-16-19-28(20-17-23)22-24-10-4-1-5-11-24;/h1-15,23H,16-22H2;1H. The van der Waals surface area contributed by atoms with Crippen LogP contribution in [0.3, 0.4) is 0 Å². The van der Waals surface area contributed by atoms with E-state index in [2.05, 4.69) is 35.2 Å². The van der Waals surface area contributed by atoms with Crippen molar-refractivity contribution in [2.24, 2.45) is 5.92 Å². The summed E-state index contributed by atoms with van der Waals surface area (Å²) >= 11 is 0. The van der Waals surface area contributed by atoms with Gasteiger partial charge in [0.2, 0.25) is 0 Å². The number of halogens is 1. The lowest BCUT2D eigenvalue weighted by atomic mass is 9.93. The minimum atomic E-state index is 0. The highest BCUT2D eigenvalue weighted by Crippen LogP contribution is 2.24. The van der Waals surface area contributed by atoms with E-state index in [0.29, 0.717) is 5.92 Å². The maximum atomic E-state index is 13.2. The molecule has 3 aromatic rings. The molecule has 1 saturated heterocycles. The maximum absolute atomic E-state index is 13.2. The van der Waals surface area contributed by atoms with Crippen molar-refractivity contribution in [2.75, 3.05) is 24.5 Å². The Morgan fingerprint density at radius 1 is 0.806 bits per heavy atom. The van der Waals surface area contributed by atoms with Gasteiger partial charge in [-0.1, -0.05) is 66.7 Å². The Balaban J connectivity index is 0.00000272. The van der Waals surface area contributed by atoms with Crippen molar-refractivity contribution in [1.29, 1.82) is 0 Å². The molecular formula is C27H31ClN2O. The second kappa shape index (κ2) is 11.7. The third kappa shape index (κ3) is 6.43. The number of hydrogen-bond acceptors (Lipinski definition) is 2. The normalized spacial score (nSPS) is 14.6. The Morgan fingerprint density at radius 3 is 1.97 bits per heavy atom. The lowest BCUT2D eigenvalue weighted by Crippen LogP contribution is -2.36. The summed E-state index contributed by atoms with van der Waals surface area (Å²) in [5.74, 6) is 0.759. The van der Waals surface area contributed by atoms with Gasteiger partial charge in [0.25, 0.3) is 5.91 Å². The quantitative estimate of drug-likeness (QED) is 0.451. The highest BCUT2D eigenvalue weighted by atomic mass is 35.5. The summed E-state index contributed by atoms with van der Waals surface area (Å²) in [6, 6.07) is 30.4. The van der Waals surface area contributed by atoms with Crippen molar-refractivity contribution in [3.05, 3.63) is 102 Å². The van der Waals surface area contributed by atoms with E-state index >= 15 is 0 Å². The molecule has 162 valence electrons. The molecule has 31 heavy (non-hydrogen) atoms. The van der Waals surface area contributed by atoms with E-state index in [-0.39, 0.29) is 18.3 Å². The Morgan fingerprint density at radius 2 is 1.35 bits per heavy atom. The molecule has 4 rings (SSSR count). The van der Waals surface area contributed by atoms with Crippen LogP contribution in [-0.4, -0.2) is 30.4 Å². The fourth-order valence-electron chi connectivity index (χ4n) is 4.28. The van der Waals surface area contributed by atoms with Gasteiger partial charge in [0.1, 0.15) is 0 Å². The van der Waals surface area contributed by atoms with Gasteiger partial charge in [-0.15, -0.1) is 12.4 Å². The molecule has 0 saturated carbocycles. The Hall–Kier alpha value is -2.62. The number of rotatable bonds is 7. The summed E-state index contributed by atoms with van der Waals surface area (Å²) < 4.78 is 0. The molecule has 1 amide bonds. The van der Waals surface area contributed by atoms with Crippen LogP contribution in [0, 0.1) is 5.92 Å². The van der Waals surface area contributed by atoms with Crippen LogP contribution in [0.4, 0.5) is 5.69 Å². The Kier molecular flexibility index (Phi) is 8.69. The van der Waals surface area contributed by atoms with Crippen LogP contribution in [0.1, 0.15) is 35.2 Å². The fraction of sp³-hybridized carbons (Fsp3) is 0.296. The van der Waals surface area contributed by atoms with E-state index < -0.39 is 0 Å². The number of likely N-dealkylation sites (tertiary alicyclic amines) is 1. The number of benzene rings is 3. The number of hydrogen-bond donors (Lipinski definition) is 0. The Bertz CT molecular complexity index is 910. The molecule has 0 N–H and O–H groups in total. The minimum Gasteiger partial charge on any atom is -0.308 e. The van der Waals surface area contributed by atoms with Gasteiger partial charge < -0.3 is 4.90 Å². The van der Waals surface area contributed by atoms with Crippen LogP contribution in [-0.2, 0) is 6.54 Å². The topological polar surface area (TPSA) is 23.6 Å². The first-order valence-corrected chi connectivity index (χ1v) is 11.0. The first-order chi connectivity index (χ1) is 14.8. The van der Waals surface area contributed by atoms with E-state index in [4.69, 9.17) is 0 Å². The molecule has 4 heteroatoms. The average Bonchev–Trinajstić information content (AvgIpc) is 2.82. The van der Waals surface area contributed by atoms with Crippen molar-refractivity contribution >= 4 is 24.0 Å². The molecule has 0 aromatic heterocycles. The number of anilines is 1. The molecule has 3 aromatic carbocycles. The largest absolute Gasteiger partial charge is 0.308 e. The molecule has 1 fully saturated rings. The number of nitrogens with zero attached hydrogens (tertiary/aromatic N) is 2. The van der Waals surface area contributed by atoms with Crippen LogP contribution < -0.4 is 4.90 Å². The number of para-hydroxylation sites is 1. The van der Waals surface area contributed by atoms with Gasteiger partial charge in [-0.25, -0.2) is 0 Å². The van der Waals surface area contributed by atoms with E-state index in [1.165, 1.54) is 18.4 Å². The molecule has 3 nitrogen and oxygen atoms in total. The lowest BCUT2D eigenvalue weighted by Gasteiger charge is -2.33. The highest BCUT2D eigenvalue weighted by molar-refractivity contribution is 6.06. The molecule has 0 radical (unpaired) electrons. The zero-order valence-corrected chi connectivity index (χ0v) is 18.7. The first-order valence-electron chi connectivity index (χ1n) is 11.0. The Labute approximate surface area is 192 Å². The van der Waals surface area contributed by atoms with E-state index in [0.717, 1.165) is 43.9 Å². The number of carbonyl (C=O) groups excluding carboxylic acids is 1. The molecular weight excluding hydrogens is 404 g/mol. The molecule has 0 spiro atoms. The zero-order chi connectivity index (χ0) is 20.6. The van der Waals surface area contributed by atoms with Crippen LogP contribution in [0.25, 0.3) is 0 Å². The van der Waals surface area contributed by atoms with Crippen molar-refractivity contribution in [3.8, 4) is 0 Å². The third-order valence-corrected chi connectivity index (χ3v) is 6.05. The van der Waals surface area contributed by atoms with Crippen molar-refractivity contribution < 1.29 is 4.79 Å². The monoisotopic (exact) mass is 434 g/mol. The van der Waals surface area contributed by atoms with E-state index in [1.807, 2.05) is 65.6 Å². The second-order valence-electron chi connectivity index (χ2n) is 8.15. The molecule has 0 aliphatic carbocycles. The summed E-state index contributed by atoms with van der Waals surface area (Å²) in [7, 11) is 0. The summed E-state index contributed by atoms with van der Waals surface area (Å²) in [5, 5.41) is 0. The van der Waals surface area contributed by atoms with Crippen LogP contribution in [0.15, 0.2) is 91.0 Å². The predicted octanol–water partition coefficient (Wildman–Crippen LogP) is 6.06. The van der Waals surface area contributed by atoms with Gasteiger partial charge in [0.05, 0.1) is 0 Å². The smallest absolute Gasteiger partial charge is 0.258 e. The van der Waals surface area contributed by atoms with Crippen molar-refractivity contribution in [1.82, 2.24) is 4.90 Å². The molecule has 1 aliphatic rings. The zero-order valence-electron chi connectivity index (χ0n) is 17.9. The van der Waals surface area contributed by atoms with Crippen LogP contribution in [0.5, 0.6) is 0 Å². The molecule has 0 atom stereocenters. The minimum absolute atomic E-state index is 0. The maximum Gasteiger partial charge on any atom is 0.258 e. The summed E-state index contributed by atoms with van der Waals surface area (Å²) in [5.41, 5.74) is 3.12. The average molecular weight is 435 g/mol. The van der Waals surface area contributed by atoms with Gasteiger partial charge in [0, 0.05) is 24.3 Å². The number of piperidine rings is 1. The number of carbonyl (C=O) groups is 1. The van der Waals surface area contributed by atoms with E-state index in [1.54, 1.807) is 0 Å². The fourth-order valence-corrected chi connectivity index (χ4v) is 4.28. The van der Waals surface area contributed by atoms with Gasteiger partial charge in [0.15, 0.2) is 0 Å². The second-order valence-corrected chi connectivity index (χ2v) is 8.15. The van der Waals surface area contributed by atoms with Crippen molar-refractivity contribution in [3.63, 3.8) is 0 Å². The van der Waals surface area contributed by atoms with Crippen LogP contribution in [0.2, 0.25) is 0 Å². The third-order valence-electron chi connectivity index (χ3n) is 6.05. The van der Waals surface area contributed by atoms with Gasteiger partial charge in [-0.05, 0) is 68.1 Å². The van der Waals surface area contributed by atoms with Crippen LogP contribution >= 0.6 is 12.4 Å². The van der Waals surface area contributed by atoms with Gasteiger partial charge in [-0.3, -0.25) is 9.69 Å². The molecule has 1 heterocycles. The summed E-state index contributed by atoms with van der Waals surface area (Å²) in [6.07, 6.45) is 3.45. The molecule has 0 unspecified atom stereocenters. The first kappa shape index (κ1) is 23.1. The summed E-state index contributed by atoms with van der Waals surface area (Å²) in [6.45, 7) is 4.08. The van der Waals surface area contributed by atoms with Gasteiger partial charge in [-0.2, -0.15) is 0 Å². The summed E-state index contributed by atoms with van der Waals surface area (Å²) in [4.78, 5) is 17.7. The lowest BCUT2D eigenvalue weighted by molar-refractivity contribution is 0.0983. The SMILES string of the molecule is Cl.O=C(c1ccccc1)N(CCC1CCN(Cc2ccccc2)CC1)c1ccccc1. The van der Waals surface area contributed by atoms with E-state index in [9.17, 15) is 4.79 Å². The highest BCUT2D eigenvalue weighted by Gasteiger charge is 2.22. The number of amides is 1. The molecule has 0 bridgehead atoms. The van der Waals surface area contributed by atoms with Crippen molar-refractivity contribution in [2.45, 2.75) is 25.8 Å². The van der Waals surface area contributed by atoms with Gasteiger partial charge >= 0.3 is 0 Å².